The largest absolute Gasteiger partial charge is 0.312 e. The summed E-state index contributed by atoms with van der Waals surface area (Å²) < 4.78 is 15.4. The molecule has 1 aromatic heterocycles. The Labute approximate surface area is 127 Å². The SMILES string of the molecule is Fc1ccc(CN2CCn3c(nnc3C3CC3)C2)c(Cl)c1. The molecule has 21 heavy (non-hydrogen) atoms. The molecule has 1 aromatic carbocycles. The van der Waals surface area contributed by atoms with Crippen molar-refractivity contribution in [3.63, 3.8) is 0 Å². The van der Waals surface area contributed by atoms with E-state index in [0.717, 1.165) is 36.8 Å². The highest BCUT2D eigenvalue weighted by atomic mass is 35.5. The van der Waals surface area contributed by atoms with E-state index in [-0.39, 0.29) is 5.82 Å². The highest BCUT2D eigenvalue weighted by Gasteiger charge is 2.32. The molecule has 0 N–H and O–H groups in total. The van der Waals surface area contributed by atoms with E-state index in [4.69, 9.17) is 11.6 Å². The third-order valence-corrected chi connectivity index (χ3v) is 4.56. The Morgan fingerprint density at radius 3 is 2.86 bits per heavy atom. The minimum atomic E-state index is -0.295. The number of nitrogens with zero attached hydrogens (tertiary/aromatic N) is 4. The molecule has 0 spiro atoms. The molecule has 2 heterocycles. The van der Waals surface area contributed by atoms with Crippen molar-refractivity contribution >= 4 is 11.6 Å². The Kier molecular flexibility index (Phi) is 3.19. The second-order valence-electron chi connectivity index (χ2n) is 5.85. The van der Waals surface area contributed by atoms with Gasteiger partial charge in [-0.3, -0.25) is 4.90 Å². The predicted octanol–water partition coefficient (Wildman–Crippen LogP) is 2.96. The quantitative estimate of drug-likeness (QED) is 0.874. The van der Waals surface area contributed by atoms with Gasteiger partial charge >= 0.3 is 0 Å². The molecule has 0 radical (unpaired) electrons. The second kappa shape index (κ2) is 5.07. The summed E-state index contributed by atoms with van der Waals surface area (Å²) in [6.45, 7) is 3.35. The van der Waals surface area contributed by atoms with Crippen molar-refractivity contribution < 1.29 is 4.39 Å². The number of hydrogen-bond donors (Lipinski definition) is 0. The lowest BCUT2D eigenvalue weighted by molar-refractivity contribution is 0.207. The summed E-state index contributed by atoms with van der Waals surface area (Å²) >= 11 is 6.10. The van der Waals surface area contributed by atoms with E-state index in [1.54, 1.807) is 6.07 Å². The minimum absolute atomic E-state index is 0.295. The van der Waals surface area contributed by atoms with Crippen LogP contribution in [0, 0.1) is 5.82 Å². The van der Waals surface area contributed by atoms with Gasteiger partial charge in [0.05, 0.1) is 6.54 Å². The van der Waals surface area contributed by atoms with E-state index < -0.39 is 0 Å². The third-order valence-electron chi connectivity index (χ3n) is 4.21. The van der Waals surface area contributed by atoms with Crippen molar-refractivity contribution in [1.29, 1.82) is 0 Å². The van der Waals surface area contributed by atoms with E-state index in [0.29, 0.717) is 17.5 Å². The summed E-state index contributed by atoms with van der Waals surface area (Å²) in [4.78, 5) is 2.28. The smallest absolute Gasteiger partial charge is 0.147 e. The molecule has 1 fully saturated rings. The number of benzene rings is 1. The average molecular weight is 307 g/mol. The third kappa shape index (κ3) is 2.56. The van der Waals surface area contributed by atoms with Crippen LogP contribution in [0.25, 0.3) is 0 Å². The molecule has 0 saturated heterocycles. The molecule has 0 bridgehead atoms. The van der Waals surface area contributed by atoms with Crippen LogP contribution in [0.1, 0.15) is 36.0 Å². The summed E-state index contributed by atoms with van der Waals surface area (Å²) in [7, 11) is 0. The van der Waals surface area contributed by atoms with Gasteiger partial charge in [-0.2, -0.15) is 0 Å². The maximum absolute atomic E-state index is 13.1. The molecule has 2 aliphatic rings. The molecule has 0 unspecified atom stereocenters. The van der Waals surface area contributed by atoms with Crippen molar-refractivity contribution in [3.8, 4) is 0 Å². The van der Waals surface area contributed by atoms with E-state index in [9.17, 15) is 4.39 Å². The van der Waals surface area contributed by atoms with Crippen LogP contribution in [0.3, 0.4) is 0 Å². The molecule has 6 heteroatoms. The normalized spacial score (nSPS) is 18.8. The van der Waals surface area contributed by atoms with Gasteiger partial charge in [0.15, 0.2) is 0 Å². The van der Waals surface area contributed by atoms with E-state index in [1.165, 1.54) is 25.0 Å². The number of aromatic nitrogens is 3. The average Bonchev–Trinajstić information content (AvgIpc) is 3.22. The molecule has 4 nitrogen and oxygen atoms in total. The van der Waals surface area contributed by atoms with Gasteiger partial charge in [-0.1, -0.05) is 17.7 Å². The Balaban J connectivity index is 1.50. The first kappa shape index (κ1) is 13.2. The molecule has 0 atom stereocenters. The lowest BCUT2D eigenvalue weighted by Crippen LogP contribution is -2.34. The number of rotatable bonds is 3. The lowest BCUT2D eigenvalue weighted by atomic mass is 10.2. The molecule has 2 aromatic rings. The first-order chi connectivity index (χ1) is 10.2. The van der Waals surface area contributed by atoms with Gasteiger partial charge in [0, 0.05) is 30.6 Å². The van der Waals surface area contributed by atoms with Crippen LogP contribution < -0.4 is 0 Å². The zero-order valence-corrected chi connectivity index (χ0v) is 12.4. The van der Waals surface area contributed by atoms with Crippen LogP contribution in [0.2, 0.25) is 5.02 Å². The van der Waals surface area contributed by atoms with Gasteiger partial charge in [-0.05, 0) is 30.5 Å². The molecular formula is C15H16ClFN4. The molecule has 1 aliphatic heterocycles. The zero-order chi connectivity index (χ0) is 14.4. The molecule has 0 amide bonds. The fourth-order valence-electron chi connectivity index (χ4n) is 2.90. The Hall–Kier alpha value is -1.46. The molecule has 1 saturated carbocycles. The van der Waals surface area contributed by atoms with Crippen LogP contribution >= 0.6 is 11.6 Å². The Bertz CT molecular complexity index is 680. The van der Waals surface area contributed by atoms with Crippen molar-refractivity contribution in [2.24, 2.45) is 0 Å². The van der Waals surface area contributed by atoms with Crippen molar-refractivity contribution in [1.82, 2.24) is 19.7 Å². The maximum atomic E-state index is 13.1. The summed E-state index contributed by atoms with van der Waals surface area (Å²) in [5, 5.41) is 9.15. The molecule has 1 aliphatic carbocycles. The van der Waals surface area contributed by atoms with Crippen LogP contribution in [-0.4, -0.2) is 26.2 Å². The summed E-state index contributed by atoms with van der Waals surface area (Å²) in [5.74, 6) is 2.52. The van der Waals surface area contributed by atoms with E-state index in [1.807, 2.05) is 0 Å². The van der Waals surface area contributed by atoms with E-state index in [2.05, 4.69) is 19.7 Å². The maximum Gasteiger partial charge on any atom is 0.147 e. The summed E-state index contributed by atoms with van der Waals surface area (Å²) in [6, 6.07) is 4.58. The fraction of sp³-hybridized carbons (Fsp3) is 0.467. The van der Waals surface area contributed by atoms with Gasteiger partial charge in [-0.25, -0.2) is 4.39 Å². The van der Waals surface area contributed by atoms with Gasteiger partial charge in [0.2, 0.25) is 0 Å². The first-order valence-corrected chi connectivity index (χ1v) is 7.67. The summed E-state index contributed by atoms with van der Waals surface area (Å²) in [6.07, 6.45) is 2.49. The van der Waals surface area contributed by atoms with E-state index >= 15 is 0 Å². The van der Waals surface area contributed by atoms with Gasteiger partial charge in [0.1, 0.15) is 17.5 Å². The zero-order valence-electron chi connectivity index (χ0n) is 11.6. The molecular weight excluding hydrogens is 291 g/mol. The molecule has 4 rings (SSSR count). The van der Waals surface area contributed by atoms with Crippen molar-refractivity contribution in [3.05, 3.63) is 46.3 Å². The fourth-order valence-corrected chi connectivity index (χ4v) is 3.13. The predicted molar refractivity (Wildman–Crippen MR) is 77.5 cm³/mol. The number of hydrogen-bond acceptors (Lipinski definition) is 3. The van der Waals surface area contributed by atoms with Crippen molar-refractivity contribution in [2.75, 3.05) is 6.54 Å². The first-order valence-electron chi connectivity index (χ1n) is 7.29. The number of halogens is 2. The Morgan fingerprint density at radius 2 is 2.10 bits per heavy atom. The summed E-state index contributed by atoms with van der Waals surface area (Å²) in [5.41, 5.74) is 0.952. The van der Waals surface area contributed by atoms with Crippen LogP contribution in [0.4, 0.5) is 4.39 Å². The number of fused-ring (bicyclic) bond motifs is 1. The van der Waals surface area contributed by atoms with Crippen LogP contribution in [-0.2, 0) is 19.6 Å². The van der Waals surface area contributed by atoms with Gasteiger partial charge in [-0.15, -0.1) is 10.2 Å². The second-order valence-corrected chi connectivity index (χ2v) is 6.25. The Morgan fingerprint density at radius 1 is 1.24 bits per heavy atom. The van der Waals surface area contributed by atoms with Crippen LogP contribution in [0.5, 0.6) is 0 Å². The standard InChI is InChI=1S/C15H16ClFN4/c16-13-7-12(17)4-3-11(13)8-20-5-6-21-14(9-20)18-19-15(21)10-1-2-10/h3-4,7,10H,1-2,5-6,8-9H2. The van der Waals surface area contributed by atoms with Crippen molar-refractivity contribution in [2.45, 2.75) is 38.4 Å². The van der Waals surface area contributed by atoms with Gasteiger partial charge in [0.25, 0.3) is 0 Å². The molecule has 110 valence electrons. The highest BCUT2D eigenvalue weighted by molar-refractivity contribution is 6.31. The minimum Gasteiger partial charge on any atom is -0.312 e. The lowest BCUT2D eigenvalue weighted by Gasteiger charge is -2.28. The monoisotopic (exact) mass is 306 g/mol. The highest BCUT2D eigenvalue weighted by Crippen LogP contribution is 2.39. The topological polar surface area (TPSA) is 34.0 Å². The van der Waals surface area contributed by atoms with Crippen LogP contribution in [0.15, 0.2) is 18.2 Å². The van der Waals surface area contributed by atoms with Gasteiger partial charge < -0.3 is 4.57 Å².